The van der Waals surface area contributed by atoms with E-state index in [-0.39, 0.29) is 12.3 Å². The van der Waals surface area contributed by atoms with E-state index >= 15 is 0 Å². The summed E-state index contributed by atoms with van der Waals surface area (Å²) >= 11 is 0. The highest BCUT2D eigenvalue weighted by Crippen LogP contribution is 2.31. The average molecular weight is 532 g/mol. The van der Waals surface area contributed by atoms with Crippen LogP contribution in [-0.2, 0) is 21.4 Å². The molecule has 0 amide bonds. The minimum Gasteiger partial charge on any atom is -0.475 e. The number of nitrogens with zero attached hydrogens (tertiary/aromatic N) is 2. The van der Waals surface area contributed by atoms with Crippen LogP contribution in [-0.4, -0.2) is 41.4 Å². The molecule has 0 aliphatic rings. The highest BCUT2D eigenvalue weighted by Gasteiger charge is 2.38. The molecule has 0 bridgehead atoms. The number of para-hydroxylation sites is 2. The van der Waals surface area contributed by atoms with Gasteiger partial charge in [0, 0.05) is 17.7 Å². The Morgan fingerprint density at radius 3 is 1.76 bits per heavy atom. The number of carboxylic acids is 1. The van der Waals surface area contributed by atoms with Gasteiger partial charge in [-0.15, -0.1) is 0 Å². The summed E-state index contributed by atoms with van der Waals surface area (Å²) in [6.07, 6.45) is -4.49. The zero-order valence-electron chi connectivity index (χ0n) is 19.7. The van der Waals surface area contributed by atoms with E-state index in [0.717, 1.165) is 39.1 Å². The highest BCUT2D eigenvalue weighted by molar-refractivity contribution is 7.89. The van der Waals surface area contributed by atoms with Gasteiger partial charge in [-0.25, -0.2) is 27.9 Å². The molecule has 3 aromatic carbocycles. The third-order valence-electron chi connectivity index (χ3n) is 5.06. The number of nitrogens with one attached hydrogen (secondary N) is 1. The molecule has 0 saturated heterocycles. The summed E-state index contributed by atoms with van der Waals surface area (Å²) in [7, 11) is -3.23. The van der Waals surface area contributed by atoms with Crippen LogP contribution in [0.4, 0.5) is 13.2 Å². The lowest BCUT2D eigenvalue weighted by atomic mass is 10.0. The lowest BCUT2D eigenvalue weighted by molar-refractivity contribution is -0.192. The van der Waals surface area contributed by atoms with E-state index in [1.807, 2.05) is 85.8 Å². The van der Waals surface area contributed by atoms with Crippen LogP contribution >= 0.6 is 0 Å². The van der Waals surface area contributed by atoms with Gasteiger partial charge in [-0.3, -0.25) is 0 Å². The maximum Gasteiger partial charge on any atom is 0.490 e. The first-order valence-corrected chi connectivity index (χ1v) is 12.8. The maximum absolute atomic E-state index is 11.9. The Hall–Kier alpha value is -3.83. The van der Waals surface area contributed by atoms with Gasteiger partial charge in [0.15, 0.2) is 0 Å². The highest BCUT2D eigenvalue weighted by atomic mass is 32.2. The second-order valence-corrected chi connectivity index (χ2v) is 9.84. The minimum absolute atomic E-state index is 0.137. The topological polar surface area (TPSA) is 109 Å². The van der Waals surface area contributed by atoms with Crippen LogP contribution in [0.5, 0.6) is 0 Å². The summed E-state index contributed by atoms with van der Waals surface area (Å²) in [5.41, 5.74) is 6.15. The number of carboxylic acid groups (broad SMARTS) is 1. The number of hydrogen-bond donors (Lipinski definition) is 2. The molecule has 0 radical (unpaired) electrons. The van der Waals surface area contributed by atoms with Crippen LogP contribution in [0.3, 0.4) is 0 Å². The Bertz CT molecular complexity index is 1460. The molecule has 0 unspecified atom stereocenters. The number of benzene rings is 3. The third kappa shape index (κ3) is 7.83. The first-order valence-electron chi connectivity index (χ1n) is 11.2. The van der Waals surface area contributed by atoms with Crippen molar-refractivity contribution in [2.24, 2.45) is 0 Å². The molecule has 37 heavy (non-hydrogen) atoms. The largest absolute Gasteiger partial charge is 0.490 e. The van der Waals surface area contributed by atoms with E-state index in [0.29, 0.717) is 6.42 Å². The second-order valence-electron chi connectivity index (χ2n) is 7.92. The molecule has 4 rings (SSSR count). The molecule has 0 fully saturated rings. The molecular weight excluding hydrogens is 507 g/mol. The van der Waals surface area contributed by atoms with Crippen molar-refractivity contribution in [2.45, 2.75) is 26.1 Å². The van der Waals surface area contributed by atoms with E-state index in [9.17, 15) is 21.6 Å². The van der Waals surface area contributed by atoms with Crippen LogP contribution in [0.15, 0.2) is 78.9 Å². The summed E-state index contributed by atoms with van der Waals surface area (Å²) < 4.78 is 58.2. The Labute approximate surface area is 212 Å². The van der Waals surface area contributed by atoms with Crippen LogP contribution in [0.1, 0.15) is 18.9 Å². The van der Waals surface area contributed by atoms with Crippen molar-refractivity contribution in [3.63, 3.8) is 0 Å². The summed E-state index contributed by atoms with van der Waals surface area (Å²) in [6.45, 7) is 2.13. The summed E-state index contributed by atoms with van der Waals surface area (Å²) in [5, 5.41) is 7.12. The standard InChI is InChI=1S/C24H23N3O2S.C2HF3O2/c1-2-16-30(28,29)25-17-18-12-14-20(15-13-18)24-23(19-8-4-3-5-9-19)26-21-10-6-7-11-22(21)27-24;3-2(4,5)1(6)7/h3-15,25H,2,16-17H2,1H3;(H,6,7). The first-order chi connectivity index (χ1) is 17.5. The minimum atomic E-state index is -5.08. The number of rotatable bonds is 7. The van der Waals surface area contributed by atoms with Crippen molar-refractivity contribution >= 4 is 27.0 Å². The first kappa shape index (κ1) is 27.8. The predicted molar refractivity (Wildman–Crippen MR) is 135 cm³/mol. The number of aromatic nitrogens is 2. The summed E-state index contributed by atoms with van der Waals surface area (Å²) in [6, 6.07) is 25.6. The van der Waals surface area contributed by atoms with Crippen LogP contribution in [0, 0.1) is 0 Å². The molecule has 11 heteroatoms. The Morgan fingerprint density at radius 2 is 1.30 bits per heavy atom. The fourth-order valence-electron chi connectivity index (χ4n) is 3.31. The van der Waals surface area contributed by atoms with Gasteiger partial charge in [0.2, 0.25) is 10.0 Å². The van der Waals surface area contributed by atoms with Gasteiger partial charge in [-0.05, 0) is 24.1 Å². The lowest BCUT2D eigenvalue weighted by Gasteiger charge is -2.11. The molecule has 0 aliphatic heterocycles. The van der Waals surface area contributed by atoms with Crippen molar-refractivity contribution in [1.82, 2.24) is 14.7 Å². The fraction of sp³-hybridized carbons (Fsp3) is 0.192. The number of sulfonamides is 1. The van der Waals surface area contributed by atoms with Crippen LogP contribution in [0.2, 0.25) is 0 Å². The molecule has 7 nitrogen and oxygen atoms in total. The summed E-state index contributed by atoms with van der Waals surface area (Å²) in [4.78, 5) is 18.7. The molecule has 0 spiro atoms. The van der Waals surface area contributed by atoms with Crippen molar-refractivity contribution in [2.75, 3.05) is 5.75 Å². The third-order valence-corrected chi connectivity index (χ3v) is 6.59. The molecule has 194 valence electrons. The molecular formula is C26H24F3N3O4S. The second kappa shape index (κ2) is 11.9. The van der Waals surface area contributed by atoms with Gasteiger partial charge < -0.3 is 5.11 Å². The maximum atomic E-state index is 11.9. The fourth-order valence-corrected chi connectivity index (χ4v) is 4.38. The molecule has 1 aromatic heterocycles. The smallest absolute Gasteiger partial charge is 0.475 e. The SMILES string of the molecule is CCCS(=O)(=O)NCc1ccc(-c2nc3ccccc3nc2-c2ccccc2)cc1.O=C(O)C(F)(F)F. The predicted octanol–water partition coefficient (Wildman–Crippen LogP) is 5.43. The molecule has 2 N–H and O–H groups in total. The Kier molecular flexibility index (Phi) is 8.95. The van der Waals surface area contributed by atoms with Crippen molar-refractivity contribution in [3.8, 4) is 22.5 Å². The van der Waals surface area contributed by atoms with Gasteiger partial charge in [-0.2, -0.15) is 13.2 Å². The quantitative estimate of drug-likeness (QED) is 0.329. The molecule has 1 heterocycles. The monoisotopic (exact) mass is 531 g/mol. The number of halogens is 3. The van der Waals surface area contributed by atoms with E-state index in [4.69, 9.17) is 19.9 Å². The van der Waals surface area contributed by atoms with Gasteiger partial charge in [-0.1, -0.05) is 73.7 Å². The average Bonchev–Trinajstić information content (AvgIpc) is 2.87. The Balaban J connectivity index is 0.000000479. The zero-order valence-corrected chi connectivity index (χ0v) is 20.6. The molecule has 0 aliphatic carbocycles. The zero-order chi connectivity index (χ0) is 27.1. The molecule has 0 saturated carbocycles. The molecule has 0 atom stereocenters. The van der Waals surface area contributed by atoms with Gasteiger partial charge >= 0.3 is 12.1 Å². The number of hydrogen-bond acceptors (Lipinski definition) is 5. The van der Waals surface area contributed by atoms with Crippen LogP contribution in [0.25, 0.3) is 33.5 Å². The van der Waals surface area contributed by atoms with E-state index < -0.39 is 22.2 Å². The van der Waals surface area contributed by atoms with E-state index in [1.165, 1.54) is 0 Å². The van der Waals surface area contributed by atoms with Crippen molar-refractivity contribution in [1.29, 1.82) is 0 Å². The number of carbonyl (C=O) groups is 1. The Morgan fingerprint density at radius 1 is 0.838 bits per heavy atom. The van der Waals surface area contributed by atoms with Crippen molar-refractivity contribution in [3.05, 3.63) is 84.4 Å². The number of fused-ring (bicyclic) bond motifs is 1. The van der Waals surface area contributed by atoms with Crippen LogP contribution < -0.4 is 4.72 Å². The van der Waals surface area contributed by atoms with Gasteiger partial charge in [0.05, 0.1) is 28.2 Å². The normalized spacial score (nSPS) is 11.6. The number of alkyl halides is 3. The van der Waals surface area contributed by atoms with Crippen molar-refractivity contribution < 1.29 is 31.5 Å². The van der Waals surface area contributed by atoms with Gasteiger partial charge in [0.25, 0.3) is 0 Å². The lowest BCUT2D eigenvalue weighted by Crippen LogP contribution is -2.25. The molecule has 4 aromatic rings. The summed E-state index contributed by atoms with van der Waals surface area (Å²) in [5.74, 6) is -2.62. The van der Waals surface area contributed by atoms with E-state index in [2.05, 4.69) is 4.72 Å². The van der Waals surface area contributed by atoms with Gasteiger partial charge in [0.1, 0.15) is 0 Å². The number of aliphatic carboxylic acids is 1. The van der Waals surface area contributed by atoms with E-state index in [1.54, 1.807) is 0 Å².